The molecule has 2 atom stereocenters. The Morgan fingerprint density at radius 3 is 2.32 bits per heavy atom. The fraction of sp³-hybridized carbons (Fsp3) is 0.625. The number of piperidine rings is 1. The van der Waals surface area contributed by atoms with Crippen LogP contribution in [0.4, 0.5) is 0 Å². The van der Waals surface area contributed by atoms with Gasteiger partial charge in [-0.25, -0.2) is 9.97 Å². The molecule has 2 aromatic rings. The van der Waals surface area contributed by atoms with E-state index in [1.165, 1.54) is 38.6 Å². The van der Waals surface area contributed by atoms with E-state index in [9.17, 15) is 0 Å². The Bertz CT molecular complexity index is 533. The number of rotatable bonds is 7. The lowest BCUT2D eigenvalue weighted by Crippen LogP contribution is -2.39. The first-order valence-electron chi connectivity index (χ1n) is 8.07. The van der Waals surface area contributed by atoms with E-state index in [0.717, 1.165) is 49.5 Å². The first-order chi connectivity index (χ1) is 10.9. The third-order valence-corrected chi connectivity index (χ3v) is 4.96. The van der Waals surface area contributed by atoms with E-state index >= 15 is 0 Å². The Morgan fingerprint density at radius 2 is 1.82 bits per heavy atom. The van der Waals surface area contributed by atoms with Crippen molar-refractivity contribution in [3.8, 4) is 0 Å². The zero-order valence-electron chi connectivity index (χ0n) is 12.7. The van der Waals surface area contributed by atoms with Crippen LogP contribution in [-0.4, -0.2) is 45.4 Å². The summed E-state index contributed by atoms with van der Waals surface area (Å²) in [5, 5.41) is 0. The molecule has 3 heterocycles. The molecule has 1 saturated carbocycles. The van der Waals surface area contributed by atoms with Gasteiger partial charge in [0, 0.05) is 38.8 Å². The zero-order valence-corrected chi connectivity index (χ0v) is 12.7. The van der Waals surface area contributed by atoms with E-state index in [2.05, 4.69) is 19.8 Å². The van der Waals surface area contributed by atoms with Gasteiger partial charge in [0.05, 0.1) is 11.4 Å². The van der Waals surface area contributed by atoms with Crippen LogP contribution in [0.25, 0.3) is 0 Å². The summed E-state index contributed by atoms with van der Waals surface area (Å²) >= 11 is 0. The molecule has 6 heteroatoms. The fourth-order valence-corrected chi connectivity index (χ4v) is 3.87. The summed E-state index contributed by atoms with van der Waals surface area (Å²) in [6.07, 6.45) is 10.6. The average molecular weight is 302 g/mol. The topological polar surface area (TPSA) is 58.5 Å². The molecule has 1 aliphatic heterocycles. The van der Waals surface area contributed by atoms with E-state index in [0.29, 0.717) is 0 Å². The number of hydrogen-bond donors (Lipinski definition) is 0. The summed E-state index contributed by atoms with van der Waals surface area (Å²) in [6.45, 7) is 4.99. The summed E-state index contributed by atoms with van der Waals surface area (Å²) in [5.41, 5.74) is 1.93. The van der Waals surface area contributed by atoms with Gasteiger partial charge in [-0.2, -0.15) is 0 Å². The van der Waals surface area contributed by atoms with Gasteiger partial charge >= 0.3 is 0 Å². The quantitative estimate of drug-likeness (QED) is 0.781. The lowest BCUT2D eigenvalue weighted by molar-refractivity contribution is 0.162. The molecule has 2 unspecified atom stereocenters. The largest absolute Gasteiger partial charge is 0.451 e. The molecule has 4 rings (SSSR count). The Hall–Kier alpha value is -1.66. The van der Waals surface area contributed by atoms with Gasteiger partial charge in [0.1, 0.15) is 12.5 Å². The van der Waals surface area contributed by atoms with Crippen molar-refractivity contribution in [3.63, 3.8) is 0 Å². The van der Waals surface area contributed by atoms with Crippen LogP contribution in [0.3, 0.4) is 0 Å². The maximum atomic E-state index is 5.09. The van der Waals surface area contributed by atoms with Gasteiger partial charge < -0.3 is 8.83 Å². The van der Waals surface area contributed by atoms with Crippen LogP contribution in [0, 0.1) is 5.92 Å². The van der Waals surface area contributed by atoms with E-state index < -0.39 is 0 Å². The molecule has 2 bridgehead atoms. The molecule has 2 fully saturated rings. The molecule has 0 amide bonds. The Labute approximate surface area is 130 Å². The predicted molar refractivity (Wildman–Crippen MR) is 79.8 cm³/mol. The molecule has 0 spiro atoms. The van der Waals surface area contributed by atoms with Crippen LogP contribution in [0.15, 0.2) is 34.1 Å². The number of nitrogens with zero attached hydrogens (tertiary/aromatic N) is 4. The van der Waals surface area contributed by atoms with Gasteiger partial charge in [-0.1, -0.05) is 0 Å². The van der Waals surface area contributed by atoms with Crippen molar-refractivity contribution >= 4 is 0 Å². The van der Waals surface area contributed by atoms with Gasteiger partial charge in [0.25, 0.3) is 0 Å². The second-order valence-electron chi connectivity index (χ2n) is 6.50. The second kappa shape index (κ2) is 6.22. The molecule has 2 aromatic heterocycles. The number of hydrogen-bond acceptors (Lipinski definition) is 6. The average Bonchev–Trinajstić information content (AvgIpc) is 3.29. The van der Waals surface area contributed by atoms with Gasteiger partial charge in [-0.3, -0.25) is 9.80 Å². The van der Waals surface area contributed by atoms with Crippen molar-refractivity contribution in [3.05, 3.63) is 36.7 Å². The third kappa shape index (κ3) is 3.08. The molecule has 22 heavy (non-hydrogen) atoms. The molecule has 6 nitrogen and oxygen atoms in total. The van der Waals surface area contributed by atoms with Crippen molar-refractivity contribution < 1.29 is 8.83 Å². The van der Waals surface area contributed by atoms with Crippen molar-refractivity contribution in [2.24, 2.45) is 5.92 Å². The minimum Gasteiger partial charge on any atom is -0.451 e. The molecule has 0 radical (unpaired) electrons. The Kier molecular flexibility index (Phi) is 3.95. The van der Waals surface area contributed by atoms with Crippen LogP contribution in [-0.2, 0) is 13.1 Å². The molecule has 2 aliphatic rings. The van der Waals surface area contributed by atoms with Crippen LogP contribution < -0.4 is 0 Å². The van der Waals surface area contributed by atoms with Gasteiger partial charge in [0.2, 0.25) is 0 Å². The minimum atomic E-state index is 0.783. The lowest BCUT2D eigenvalue weighted by Gasteiger charge is -2.29. The maximum absolute atomic E-state index is 5.09. The number of oxazole rings is 2. The zero-order chi connectivity index (χ0) is 14.8. The van der Waals surface area contributed by atoms with Crippen molar-refractivity contribution in [2.45, 2.75) is 38.4 Å². The molecular weight excluding hydrogens is 280 g/mol. The minimum absolute atomic E-state index is 0.783. The summed E-state index contributed by atoms with van der Waals surface area (Å²) in [7, 11) is 0. The SMILES string of the molecule is c1nc(CN(CCN2CC3CCC2C3)Cc2cocn2)co1. The Balaban J connectivity index is 1.36. The summed E-state index contributed by atoms with van der Waals surface area (Å²) in [5.74, 6) is 0.949. The van der Waals surface area contributed by atoms with Gasteiger partial charge in [0.15, 0.2) is 12.8 Å². The van der Waals surface area contributed by atoms with Crippen LogP contribution in [0.2, 0.25) is 0 Å². The highest BCUT2D eigenvalue weighted by Crippen LogP contribution is 2.36. The first-order valence-corrected chi connectivity index (χ1v) is 8.07. The first kappa shape index (κ1) is 14.0. The third-order valence-electron chi connectivity index (χ3n) is 4.96. The molecule has 0 aromatic carbocycles. The highest BCUT2D eigenvalue weighted by atomic mass is 16.3. The summed E-state index contributed by atoms with van der Waals surface area (Å²) in [4.78, 5) is 13.5. The predicted octanol–water partition coefficient (Wildman–Crippen LogP) is 2.15. The van der Waals surface area contributed by atoms with E-state index in [1.807, 2.05) is 0 Å². The molecule has 1 saturated heterocycles. The highest BCUT2D eigenvalue weighted by molar-refractivity contribution is 4.96. The standard InChI is InChI=1S/C16H22N4O2/c1-2-16-5-13(1)6-20(16)4-3-19(7-14-9-21-11-17-14)8-15-10-22-12-18-15/h9-13,16H,1-8H2. The normalized spacial score (nSPS) is 24.6. The van der Waals surface area contributed by atoms with Crippen LogP contribution in [0.1, 0.15) is 30.7 Å². The number of aromatic nitrogens is 2. The molecular formula is C16H22N4O2. The second-order valence-corrected chi connectivity index (χ2v) is 6.50. The smallest absolute Gasteiger partial charge is 0.180 e. The lowest BCUT2D eigenvalue weighted by atomic mass is 10.1. The van der Waals surface area contributed by atoms with E-state index in [1.54, 1.807) is 12.5 Å². The monoisotopic (exact) mass is 302 g/mol. The number of fused-ring (bicyclic) bond motifs is 2. The Morgan fingerprint density at radius 1 is 1.09 bits per heavy atom. The van der Waals surface area contributed by atoms with E-state index in [4.69, 9.17) is 8.83 Å². The maximum Gasteiger partial charge on any atom is 0.180 e. The highest BCUT2D eigenvalue weighted by Gasteiger charge is 2.37. The summed E-state index contributed by atoms with van der Waals surface area (Å²) in [6, 6.07) is 0.825. The van der Waals surface area contributed by atoms with Crippen molar-refractivity contribution in [1.82, 2.24) is 19.8 Å². The fourth-order valence-electron chi connectivity index (χ4n) is 3.87. The van der Waals surface area contributed by atoms with Crippen LogP contribution >= 0.6 is 0 Å². The molecule has 0 N–H and O–H groups in total. The molecule has 1 aliphatic carbocycles. The molecule has 118 valence electrons. The van der Waals surface area contributed by atoms with Crippen molar-refractivity contribution in [1.29, 1.82) is 0 Å². The van der Waals surface area contributed by atoms with Crippen LogP contribution in [0.5, 0.6) is 0 Å². The van der Waals surface area contributed by atoms with Gasteiger partial charge in [-0.05, 0) is 25.2 Å². The van der Waals surface area contributed by atoms with Crippen molar-refractivity contribution in [2.75, 3.05) is 19.6 Å². The summed E-state index contributed by atoms with van der Waals surface area (Å²) < 4.78 is 10.2. The van der Waals surface area contributed by atoms with E-state index in [-0.39, 0.29) is 0 Å². The van der Waals surface area contributed by atoms with Gasteiger partial charge in [-0.15, -0.1) is 0 Å². The number of likely N-dealkylation sites (tertiary alicyclic amines) is 1.